The summed E-state index contributed by atoms with van der Waals surface area (Å²) in [5.74, 6) is 0.732. The monoisotopic (exact) mass is 337 g/mol. The first-order valence-electron chi connectivity index (χ1n) is 7.59. The van der Waals surface area contributed by atoms with Crippen molar-refractivity contribution < 1.29 is 4.52 Å². The lowest BCUT2D eigenvalue weighted by Gasteiger charge is -2.04. The van der Waals surface area contributed by atoms with Crippen molar-refractivity contribution in [2.24, 2.45) is 0 Å². The molecule has 4 rings (SSSR count). The Bertz CT molecular complexity index is 1060. The average Bonchev–Trinajstić information content (AvgIpc) is 3.17. The van der Waals surface area contributed by atoms with E-state index in [-0.39, 0.29) is 5.56 Å². The van der Waals surface area contributed by atoms with Gasteiger partial charge in [-0.05, 0) is 25.5 Å². The van der Waals surface area contributed by atoms with Crippen molar-refractivity contribution in [3.05, 3.63) is 70.1 Å². The minimum absolute atomic E-state index is 0.0350. The van der Waals surface area contributed by atoms with Crippen LogP contribution in [0.1, 0.15) is 17.0 Å². The van der Waals surface area contributed by atoms with Crippen LogP contribution in [0.4, 0.5) is 0 Å². The second-order valence-corrected chi connectivity index (χ2v) is 6.72. The van der Waals surface area contributed by atoms with Gasteiger partial charge in [0.25, 0.3) is 5.56 Å². The maximum atomic E-state index is 12.8. The van der Waals surface area contributed by atoms with Crippen LogP contribution in [0.5, 0.6) is 0 Å². The Kier molecular flexibility index (Phi) is 3.54. The lowest BCUT2D eigenvalue weighted by molar-refractivity contribution is 0.392. The molecule has 0 unspecified atom stereocenters. The molecule has 0 aliphatic rings. The molecule has 0 saturated heterocycles. The molecule has 24 heavy (non-hydrogen) atoms. The first-order chi connectivity index (χ1) is 11.6. The SMILES string of the molecule is Cc1noc(C)c1Cn1cnc2cc(-c3ccccc3)sc2c1=O. The van der Waals surface area contributed by atoms with Crippen LogP contribution >= 0.6 is 11.3 Å². The van der Waals surface area contributed by atoms with Crippen LogP contribution in [0.3, 0.4) is 0 Å². The lowest BCUT2D eigenvalue weighted by Crippen LogP contribution is -2.20. The van der Waals surface area contributed by atoms with Crippen LogP contribution < -0.4 is 5.56 Å². The Morgan fingerprint density at radius 1 is 1.21 bits per heavy atom. The number of hydrogen-bond donors (Lipinski definition) is 0. The van der Waals surface area contributed by atoms with E-state index in [1.165, 1.54) is 11.3 Å². The van der Waals surface area contributed by atoms with Gasteiger partial charge in [0.1, 0.15) is 10.5 Å². The van der Waals surface area contributed by atoms with Crippen LogP contribution in [0, 0.1) is 13.8 Å². The van der Waals surface area contributed by atoms with Crippen molar-refractivity contribution >= 4 is 21.6 Å². The van der Waals surface area contributed by atoms with E-state index >= 15 is 0 Å². The topological polar surface area (TPSA) is 60.9 Å². The normalized spacial score (nSPS) is 11.2. The number of benzene rings is 1. The summed E-state index contributed by atoms with van der Waals surface area (Å²) in [4.78, 5) is 18.3. The molecule has 3 heterocycles. The third-order valence-corrected chi connectivity index (χ3v) is 5.23. The minimum atomic E-state index is -0.0350. The van der Waals surface area contributed by atoms with Gasteiger partial charge in [-0.15, -0.1) is 11.3 Å². The fourth-order valence-electron chi connectivity index (χ4n) is 2.70. The molecule has 4 aromatic rings. The highest BCUT2D eigenvalue weighted by Gasteiger charge is 2.14. The second kappa shape index (κ2) is 5.72. The molecule has 0 saturated carbocycles. The fraction of sp³-hybridized carbons (Fsp3) is 0.167. The van der Waals surface area contributed by atoms with E-state index in [0.29, 0.717) is 11.2 Å². The zero-order valence-corrected chi connectivity index (χ0v) is 14.1. The Labute approximate surface area is 142 Å². The van der Waals surface area contributed by atoms with Gasteiger partial charge in [0.15, 0.2) is 0 Å². The zero-order valence-electron chi connectivity index (χ0n) is 13.3. The Balaban J connectivity index is 1.80. The summed E-state index contributed by atoms with van der Waals surface area (Å²) < 4.78 is 7.45. The number of aryl methyl sites for hydroxylation is 2. The van der Waals surface area contributed by atoms with Gasteiger partial charge in [0.05, 0.1) is 24.1 Å². The minimum Gasteiger partial charge on any atom is -0.361 e. The van der Waals surface area contributed by atoms with E-state index in [1.807, 2.05) is 50.2 Å². The molecule has 0 bridgehead atoms. The number of aromatic nitrogens is 3. The maximum absolute atomic E-state index is 12.8. The maximum Gasteiger partial charge on any atom is 0.271 e. The molecule has 0 fully saturated rings. The summed E-state index contributed by atoms with van der Waals surface area (Å²) in [5, 5.41) is 3.94. The predicted octanol–water partition coefficient (Wildman–Crippen LogP) is 3.78. The highest BCUT2D eigenvalue weighted by atomic mass is 32.1. The van der Waals surface area contributed by atoms with Crippen molar-refractivity contribution in [1.82, 2.24) is 14.7 Å². The van der Waals surface area contributed by atoms with Gasteiger partial charge in [-0.25, -0.2) is 4.98 Å². The van der Waals surface area contributed by atoms with Crippen LogP contribution in [0.25, 0.3) is 20.7 Å². The molecule has 0 aliphatic carbocycles. The molecule has 0 amide bonds. The molecule has 6 heteroatoms. The van der Waals surface area contributed by atoms with E-state index in [0.717, 1.165) is 33.0 Å². The van der Waals surface area contributed by atoms with Crippen LogP contribution in [-0.4, -0.2) is 14.7 Å². The van der Waals surface area contributed by atoms with Gasteiger partial charge in [0.2, 0.25) is 0 Å². The van der Waals surface area contributed by atoms with Crippen molar-refractivity contribution in [2.75, 3.05) is 0 Å². The van der Waals surface area contributed by atoms with Crippen molar-refractivity contribution in [3.8, 4) is 10.4 Å². The van der Waals surface area contributed by atoms with Crippen molar-refractivity contribution in [2.45, 2.75) is 20.4 Å². The summed E-state index contributed by atoms with van der Waals surface area (Å²) in [6, 6.07) is 12.0. The van der Waals surface area contributed by atoms with E-state index in [9.17, 15) is 4.79 Å². The molecule has 0 N–H and O–H groups in total. The first-order valence-corrected chi connectivity index (χ1v) is 8.41. The van der Waals surface area contributed by atoms with Crippen LogP contribution in [-0.2, 0) is 6.54 Å². The molecule has 0 aliphatic heterocycles. The van der Waals surface area contributed by atoms with Gasteiger partial charge >= 0.3 is 0 Å². The van der Waals surface area contributed by atoms with E-state index in [4.69, 9.17) is 4.52 Å². The number of rotatable bonds is 3. The van der Waals surface area contributed by atoms with E-state index < -0.39 is 0 Å². The van der Waals surface area contributed by atoms with Gasteiger partial charge in [-0.1, -0.05) is 35.5 Å². The highest BCUT2D eigenvalue weighted by molar-refractivity contribution is 7.22. The fourth-order valence-corrected chi connectivity index (χ4v) is 3.77. The van der Waals surface area contributed by atoms with Gasteiger partial charge in [-0.3, -0.25) is 9.36 Å². The number of hydrogen-bond acceptors (Lipinski definition) is 5. The summed E-state index contributed by atoms with van der Waals surface area (Å²) in [6.07, 6.45) is 1.60. The number of fused-ring (bicyclic) bond motifs is 1. The Morgan fingerprint density at radius 3 is 2.71 bits per heavy atom. The van der Waals surface area contributed by atoms with Gasteiger partial charge in [-0.2, -0.15) is 0 Å². The largest absolute Gasteiger partial charge is 0.361 e. The smallest absolute Gasteiger partial charge is 0.271 e. The molecule has 1 aromatic carbocycles. The van der Waals surface area contributed by atoms with Crippen molar-refractivity contribution in [1.29, 1.82) is 0 Å². The van der Waals surface area contributed by atoms with Gasteiger partial charge < -0.3 is 4.52 Å². The molecular weight excluding hydrogens is 322 g/mol. The second-order valence-electron chi connectivity index (χ2n) is 5.67. The molecule has 3 aromatic heterocycles. The highest BCUT2D eigenvalue weighted by Crippen LogP contribution is 2.30. The Hall–Kier alpha value is -2.73. The predicted molar refractivity (Wildman–Crippen MR) is 94.4 cm³/mol. The van der Waals surface area contributed by atoms with Crippen molar-refractivity contribution in [3.63, 3.8) is 0 Å². The molecular formula is C18H15N3O2S. The summed E-state index contributed by atoms with van der Waals surface area (Å²) in [5.41, 5.74) is 3.52. The first kappa shape index (κ1) is 14.8. The number of thiophene rings is 1. The number of nitrogens with zero attached hydrogens (tertiary/aromatic N) is 3. The van der Waals surface area contributed by atoms with Crippen LogP contribution in [0.15, 0.2) is 52.0 Å². The quantitative estimate of drug-likeness (QED) is 0.571. The van der Waals surface area contributed by atoms with E-state index in [1.54, 1.807) is 10.9 Å². The summed E-state index contributed by atoms with van der Waals surface area (Å²) >= 11 is 1.48. The lowest BCUT2D eigenvalue weighted by atomic mass is 10.2. The third-order valence-electron chi connectivity index (χ3n) is 4.07. The molecule has 5 nitrogen and oxygen atoms in total. The molecule has 0 spiro atoms. The van der Waals surface area contributed by atoms with Crippen LogP contribution in [0.2, 0.25) is 0 Å². The van der Waals surface area contributed by atoms with E-state index in [2.05, 4.69) is 10.1 Å². The standard InChI is InChI=1S/C18H15N3O2S/c1-11-14(12(2)23-20-11)9-21-10-19-15-8-16(24-17(15)18(21)22)13-6-4-3-5-7-13/h3-8,10H,9H2,1-2H3. The molecule has 0 atom stereocenters. The average molecular weight is 337 g/mol. The van der Waals surface area contributed by atoms with Gasteiger partial charge in [0, 0.05) is 10.4 Å². The third kappa shape index (κ3) is 2.45. The molecule has 0 radical (unpaired) electrons. The molecule has 120 valence electrons. The summed E-state index contributed by atoms with van der Waals surface area (Å²) in [7, 11) is 0. The summed E-state index contributed by atoms with van der Waals surface area (Å²) in [6.45, 7) is 4.15. The Morgan fingerprint density at radius 2 is 2.00 bits per heavy atom. The zero-order chi connectivity index (χ0) is 16.7.